The average molecular weight is 603 g/mol. The molecular weight excluding hydrogens is 567 g/mol. The lowest BCUT2D eigenvalue weighted by atomic mass is 9.84. The van der Waals surface area contributed by atoms with Crippen molar-refractivity contribution < 1.29 is 27.0 Å². The first-order chi connectivity index (χ1) is 20.3. The van der Waals surface area contributed by atoms with Crippen LogP contribution in [-0.4, -0.2) is 37.1 Å². The highest BCUT2D eigenvalue weighted by molar-refractivity contribution is 7.85. The highest BCUT2D eigenvalue weighted by atomic mass is 32.2. The van der Waals surface area contributed by atoms with Gasteiger partial charge in [0.2, 0.25) is 5.91 Å². The number of hydrogen-bond acceptors (Lipinski definition) is 4. The monoisotopic (exact) mass is 602 g/mol. The van der Waals surface area contributed by atoms with Crippen molar-refractivity contribution in [1.29, 1.82) is 0 Å². The van der Waals surface area contributed by atoms with Crippen molar-refractivity contribution in [1.82, 2.24) is 5.32 Å². The Morgan fingerprint density at radius 2 is 1.37 bits per heavy atom. The van der Waals surface area contributed by atoms with Crippen LogP contribution in [-0.2, 0) is 26.7 Å². The molecule has 4 rings (SSSR count). The molecule has 0 aliphatic heterocycles. The van der Waals surface area contributed by atoms with E-state index >= 15 is 0 Å². The lowest BCUT2D eigenvalue weighted by molar-refractivity contribution is -0.117. The zero-order chi connectivity index (χ0) is 31.2. The number of rotatable bonds is 10. The number of hydrogen-bond donors (Lipinski definition) is 3. The largest absolute Gasteiger partial charge is 0.351 e. The van der Waals surface area contributed by atoms with Gasteiger partial charge in [0.15, 0.2) is 0 Å². The Bertz CT molecular complexity index is 1660. The first-order valence-electron chi connectivity index (χ1n) is 13.9. The molecule has 0 aliphatic carbocycles. The lowest BCUT2D eigenvalue weighted by Crippen LogP contribution is -2.28. The molecule has 1 unspecified atom stereocenters. The SMILES string of the molecule is CC(C)(C)c1ccc(C(Cc2ccc(C(=O)NCCS(=O)(=O)O)cc2)C(=O)Nc2ccc(-c3ccc(F)cc3)cc2)cc1. The van der Waals surface area contributed by atoms with E-state index in [9.17, 15) is 22.4 Å². The summed E-state index contributed by atoms with van der Waals surface area (Å²) in [6.07, 6.45) is 0.374. The molecule has 4 aromatic carbocycles. The maximum absolute atomic E-state index is 13.7. The fourth-order valence-corrected chi connectivity index (χ4v) is 4.98. The molecule has 43 heavy (non-hydrogen) atoms. The zero-order valence-electron chi connectivity index (χ0n) is 24.3. The summed E-state index contributed by atoms with van der Waals surface area (Å²) in [4.78, 5) is 26.1. The summed E-state index contributed by atoms with van der Waals surface area (Å²) >= 11 is 0. The third-order valence-corrected chi connectivity index (χ3v) is 7.85. The number of halogens is 1. The molecule has 7 nitrogen and oxygen atoms in total. The van der Waals surface area contributed by atoms with Gasteiger partial charge in [-0.25, -0.2) is 4.39 Å². The van der Waals surface area contributed by atoms with Gasteiger partial charge in [0.05, 0.1) is 11.7 Å². The molecule has 0 saturated heterocycles. The third kappa shape index (κ3) is 9.07. The van der Waals surface area contributed by atoms with Gasteiger partial charge in [-0.05, 0) is 76.1 Å². The minimum absolute atomic E-state index is 0.0413. The van der Waals surface area contributed by atoms with Crippen molar-refractivity contribution in [3.05, 3.63) is 125 Å². The number of benzene rings is 4. The zero-order valence-corrected chi connectivity index (χ0v) is 25.1. The van der Waals surface area contributed by atoms with Gasteiger partial charge >= 0.3 is 0 Å². The van der Waals surface area contributed by atoms with Crippen molar-refractivity contribution in [2.24, 2.45) is 0 Å². The summed E-state index contributed by atoms with van der Waals surface area (Å²) in [6, 6.07) is 28.4. The van der Waals surface area contributed by atoms with Crippen LogP contribution in [0.3, 0.4) is 0 Å². The molecule has 0 spiro atoms. The minimum Gasteiger partial charge on any atom is -0.351 e. The predicted octanol–water partition coefficient (Wildman–Crippen LogP) is 6.37. The van der Waals surface area contributed by atoms with Crippen LogP contribution in [0.2, 0.25) is 0 Å². The van der Waals surface area contributed by atoms with Gasteiger partial charge in [-0.2, -0.15) is 8.42 Å². The van der Waals surface area contributed by atoms with E-state index < -0.39 is 27.7 Å². The van der Waals surface area contributed by atoms with Crippen molar-refractivity contribution in [2.45, 2.75) is 38.5 Å². The first-order valence-corrected chi connectivity index (χ1v) is 15.5. The molecule has 3 N–H and O–H groups in total. The number of carbonyl (C=O) groups is 2. The van der Waals surface area contributed by atoms with E-state index in [1.807, 2.05) is 48.5 Å². The van der Waals surface area contributed by atoms with Gasteiger partial charge < -0.3 is 10.6 Å². The minimum atomic E-state index is -4.17. The fraction of sp³-hybridized carbons (Fsp3) is 0.235. The topological polar surface area (TPSA) is 113 Å². The fourth-order valence-electron chi connectivity index (χ4n) is 4.62. The molecule has 4 aromatic rings. The molecule has 0 heterocycles. The summed E-state index contributed by atoms with van der Waals surface area (Å²) in [5, 5.41) is 5.49. The molecule has 224 valence electrons. The average Bonchev–Trinajstić information content (AvgIpc) is 2.96. The van der Waals surface area contributed by atoms with Crippen LogP contribution < -0.4 is 10.6 Å². The van der Waals surface area contributed by atoms with E-state index in [0.717, 1.165) is 27.8 Å². The van der Waals surface area contributed by atoms with E-state index in [1.165, 1.54) is 12.1 Å². The molecular formula is C34H35FN2O5S. The number of carbonyl (C=O) groups excluding carboxylic acids is 2. The molecule has 1 atom stereocenters. The Balaban J connectivity index is 1.52. The summed E-state index contributed by atoms with van der Waals surface area (Å²) in [6.45, 7) is 6.17. The normalized spacial score (nSPS) is 12.4. The van der Waals surface area contributed by atoms with Crippen LogP contribution in [0.1, 0.15) is 53.7 Å². The third-order valence-electron chi connectivity index (χ3n) is 7.13. The first kappa shape index (κ1) is 31.6. The number of amides is 2. The smallest absolute Gasteiger partial charge is 0.266 e. The van der Waals surface area contributed by atoms with Gasteiger partial charge in [-0.1, -0.05) is 81.4 Å². The Labute approximate surface area is 251 Å². The van der Waals surface area contributed by atoms with Crippen LogP contribution in [0.15, 0.2) is 97.1 Å². The Morgan fingerprint density at radius 3 is 1.91 bits per heavy atom. The highest BCUT2D eigenvalue weighted by Gasteiger charge is 2.23. The van der Waals surface area contributed by atoms with Crippen molar-refractivity contribution in [3.63, 3.8) is 0 Å². The van der Waals surface area contributed by atoms with Gasteiger partial charge in [0.1, 0.15) is 5.82 Å². The van der Waals surface area contributed by atoms with Crippen molar-refractivity contribution in [3.8, 4) is 11.1 Å². The second-order valence-electron chi connectivity index (χ2n) is 11.4. The van der Waals surface area contributed by atoms with E-state index in [1.54, 1.807) is 36.4 Å². The molecule has 0 fully saturated rings. The van der Waals surface area contributed by atoms with E-state index in [4.69, 9.17) is 4.55 Å². The standard InChI is InChI=1S/C34H35FN2O5S/c1-34(2,3)28-14-8-26(9-15-28)31(22-23-4-6-27(7-5-23)32(38)36-20-21-43(40,41)42)33(39)37-30-18-12-25(13-19-30)24-10-16-29(35)17-11-24/h4-19,31H,20-22H2,1-3H3,(H,36,38)(H,37,39)(H,40,41,42). The van der Waals surface area contributed by atoms with Crippen LogP contribution in [0, 0.1) is 5.82 Å². The molecule has 9 heteroatoms. The quantitative estimate of drug-likeness (QED) is 0.183. The summed E-state index contributed by atoms with van der Waals surface area (Å²) in [5.41, 5.74) is 5.51. The Hall–Kier alpha value is -4.34. The van der Waals surface area contributed by atoms with Crippen LogP contribution in [0.25, 0.3) is 11.1 Å². The van der Waals surface area contributed by atoms with Gasteiger partial charge in [0, 0.05) is 17.8 Å². The summed E-state index contributed by atoms with van der Waals surface area (Å²) < 4.78 is 44.0. The van der Waals surface area contributed by atoms with Gasteiger partial charge in [0.25, 0.3) is 16.0 Å². The van der Waals surface area contributed by atoms with Crippen LogP contribution in [0.4, 0.5) is 10.1 Å². The number of anilines is 1. The maximum atomic E-state index is 13.7. The maximum Gasteiger partial charge on any atom is 0.266 e. The van der Waals surface area contributed by atoms with E-state index in [0.29, 0.717) is 17.7 Å². The molecule has 0 bridgehead atoms. The highest BCUT2D eigenvalue weighted by Crippen LogP contribution is 2.28. The van der Waals surface area contributed by atoms with Crippen molar-refractivity contribution >= 4 is 27.6 Å². The molecule has 0 saturated carbocycles. The van der Waals surface area contributed by atoms with Gasteiger partial charge in [-0.15, -0.1) is 0 Å². The molecule has 2 amide bonds. The summed E-state index contributed by atoms with van der Waals surface area (Å²) in [5.74, 6) is -2.06. The Kier molecular flexibility index (Phi) is 9.78. The molecule has 0 radical (unpaired) electrons. The van der Waals surface area contributed by atoms with Gasteiger partial charge in [-0.3, -0.25) is 14.1 Å². The van der Waals surface area contributed by atoms with E-state index in [-0.39, 0.29) is 23.7 Å². The summed E-state index contributed by atoms with van der Waals surface area (Å²) in [7, 11) is -4.17. The van der Waals surface area contributed by atoms with Crippen LogP contribution in [0.5, 0.6) is 0 Å². The molecule has 0 aromatic heterocycles. The molecule has 0 aliphatic rings. The second kappa shape index (κ2) is 13.3. The Morgan fingerprint density at radius 1 is 0.814 bits per heavy atom. The second-order valence-corrected chi connectivity index (χ2v) is 13.0. The number of nitrogens with one attached hydrogen (secondary N) is 2. The van der Waals surface area contributed by atoms with E-state index in [2.05, 4.69) is 31.4 Å². The predicted molar refractivity (Wildman–Crippen MR) is 167 cm³/mol. The van der Waals surface area contributed by atoms with Crippen LogP contribution >= 0.6 is 0 Å². The van der Waals surface area contributed by atoms with Crippen molar-refractivity contribution in [2.75, 3.05) is 17.6 Å². The lowest BCUT2D eigenvalue weighted by Gasteiger charge is -2.22.